The van der Waals surface area contributed by atoms with Crippen molar-refractivity contribution in [2.24, 2.45) is 0 Å². The zero-order chi connectivity index (χ0) is 16.5. The van der Waals surface area contributed by atoms with E-state index in [-0.39, 0.29) is 12.6 Å². The Hall–Kier alpha value is -1.79. The number of hydrogen-bond donors (Lipinski definition) is 0. The van der Waals surface area contributed by atoms with E-state index < -0.39 is 5.41 Å². The fraction of sp³-hybridized carbons (Fsp3) is 0.550. The zero-order valence-corrected chi connectivity index (χ0v) is 14.3. The maximum absolute atomic E-state index is 12.7. The van der Waals surface area contributed by atoms with Gasteiger partial charge in [-0.3, -0.25) is 9.69 Å². The van der Waals surface area contributed by atoms with Gasteiger partial charge in [0.15, 0.2) is 6.61 Å². The average Bonchev–Trinajstić information content (AvgIpc) is 3.10. The highest BCUT2D eigenvalue weighted by Gasteiger charge is 2.43. The number of esters is 1. The predicted octanol–water partition coefficient (Wildman–Crippen LogP) is 3.39. The van der Waals surface area contributed by atoms with E-state index in [0.717, 1.165) is 50.9 Å². The van der Waals surface area contributed by atoms with Crippen molar-refractivity contribution < 1.29 is 9.53 Å². The van der Waals surface area contributed by atoms with Crippen LogP contribution in [0.25, 0.3) is 0 Å². The number of nitrogens with zero attached hydrogens (tertiary/aromatic N) is 1. The lowest BCUT2D eigenvalue weighted by atomic mass is 9.79. The lowest BCUT2D eigenvalue weighted by Gasteiger charge is -2.26. The predicted molar refractivity (Wildman–Crippen MR) is 93.1 cm³/mol. The molecule has 0 aromatic heterocycles. The molecule has 0 amide bonds. The third-order valence-electron chi connectivity index (χ3n) is 4.77. The summed E-state index contributed by atoms with van der Waals surface area (Å²) in [5.41, 5.74) is 0.626. The standard InChI is InChI=1S/C20H27NO2/c1-3-21(4-2)16-10-11-17-23-19(22)20(14-8-9-15-20)18-12-6-5-7-13-18/h5-7,12-13H,3-4,8-9,14-17H2,1-2H3. The van der Waals surface area contributed by atoms with Crippen LogP contribution in [0.3, 0.4) is 0 Å². The average molecular weight is 313 g/mol. The Labute approximate surface area is 140 Å². The first-order valence-electron chi connectivity index (χ1n) is 8.63. The van der Waals surface area contributed by atoms with E-state index in [1.54, 1.807) is 0 Å². The summed E-state index contributed by atoms with van der Waals surface area (Å²) < 4.78 is 5.50. The number of benzene rings is 1. The van der Waals surface area contributed by atoms with E-state index in [1.807, 2.05) is 30.3 Å². The summed E-state index contributed by atoms with van der Waals surface area (Å²) in [5.74, 6) is 5.94. The monoisotopic (exact) mass is 313 g/mol. The largest absolute Gasteiger partial charge is 0.452 e. The van der Waals surface area contributed by atoms with Gasteiger partial charge in [0, 0.05) is 0 Å². The molecule has 124 valence electrons. The molecule has 2 rings (SSSR count). The molecule has 1 aliphatic carbocycles. The van der Waals surface area contributed by atoms with E-state index in [0.29, 0.717) is 0 Å². The van der Waals surface area contributed by atoms with Gasteiger partial charge in [-0.15, -0.1) is 0 Å². The van der Waals surface area contributed by atoms with E-state index in [9.17, 15) is 4.79 Å². The van der Waals surface area contributed by atoms with Gasteiger partial charge < -0.3 is 4.74 Å². The second kappa shape index (κ2) is 8.74. The summed E-state index contributed by atoms with van der Waals surface area (Å²) >= 11 is 0. The lowest BCUT2D eigenvalue weighted by molar-refractivity contribution is -0.149. The molecule has 0 N–H and O–H groups in total. The lowest BCUT2D eigenvalue weighted by Crippen LogP contribution is -2.34. The van der Waals surface area contributed by atoms with Crippen LogP contribution >= 0.6 is 0 Å². The second-order valence-electron chi connectivity index (χ2n) is 6.05. The number of carbonyl (C=O) groups is 1. The fourth-order valence-electron chi connectivity index (χ4n) is 3.25. The second-order valence-corrected chi connectivity index (χ2v) is 6.05. The van der Waals surface area contributed by atoms with Gasteiger partial charge in [0.1, 0.15) is 0 Å². The minimum atomic E-state index is -0.457. The molecule has 0 atom stereocenters. The van der Waals surface area contributed by atoms with Crippen molar-refractivity contribution in [3.8, 4) is 11.8 Å². The van der Waals surface area contributed by atoms with E-state index in [4.69, 9.17) is 4.74 Å². The molecule has 3 nitrogen and oxygen atoms in total. The van der Waals surface area contributed by atoms with Crippen molar-refractivity contribution in [2.75, 3.05) is 26.2 Å². The van der Waals surface area contributed by atoms with Crippen molar-refractivity contribution >= 4 is 5.97 Å². The topological polar surface area (TPSA) is 29.5 Å². The summed E-state index contributed by atoms with van der Waals surface area (Å²) in [5, 5.41) is 0. The van der Waals surface area contributed by atoms with Gasteiger partial charge in [-0.05, 0) is 31.5 Å². The number of rotatable bonds is 6. The summed E-state index contributed by atoms with van der Waals surface area (Å²) in [6, 6.07) is 10.0. The van der Waals surface area contributed by atoms with Crippen LogP contribution in [0.1, 0.15) is 45.1 Å². The molecule has 0 spiro atoms. The van der Waals surface area contributed by atoms with E-state index >= 15 is 0 Å². The highest BCUT2D eigenvalue weighted by atomic mass is 16.5. The molecule has 0 unspecified atom stereocenters. The maximum atomic E-state index is 12.7. The molecule has 0 aliphatic heterocycles. The maximum Gasteiger partial charge on any atom is 0.317 e. The zero-order valence-electron chi connectivity index (χ0n) is 14.3. The van der Waals surface area contributed by atoms with Crippen LogP contribution in [-0.2, 0) is 14.9 Å². The molecule has 3 heteroatoms. The molecule has 1 aliphatic rings. The normalized spacial score (nSPS) is 16.0. The minimum Gasteiger partial charge on any atom is -0.452 e. The van der Waals surface area contributed by atoms with Crippen molar-refractivity contribution in [1.29, 1.82) is 0 Å². The first kappa shape index (κ1) is 17.6. The van der Waals surface area contributed by atoms with Gasteiger partial charge in [0.25, 0.3) is 0 Å². The van der Waals surface area contributed by atoms with Gasteiger partial charge in [-0.25, -0.2) is 0 Å². The van der Waals surface area contributed by atoms with Crippen LogP contribution in [0.2, 0.25) is 0 Å². The molecule has 0 saturated heterocycles. The molecule has 1 fully saturated rings. The van der Waals surface area contributed by atoms with Crippen molar-refractivity contribution in [3.05, 3.63) is 35.9 Å². The van der Waals surface area contributed by atoms with Crippen molar-refractivity contribution in [3.63, 3.8) is 0 Å². The van der Waals surface area contributed by atoms with Gasteiger partial charge in [0.05, 0.1) is 12.0 Å². The summed E-state index contributed by atoms with van der Waals surface area (Å²) in [6.45, 7) is 7.14. The van der Waals surface area contributed by atoms with Crippen LogP contribution in [0.15, 0.2) is 30.3 Å². The van der Waals surface area contributed by atoms with Crippen LogP contribution < -0.4 is 0 Å². The minimum absolute atomic E-state index is 0.113. The quantitative estimate of drug-likeness (QED) is 0.595. The van der Waals surface area contributed by atoms with Crippen LogP contribution in [0.5, 0.6) is 0 Å². The molecule has 0 heterocycles. The third-order valence-corrected chi connectivity index (χ3v) is 4.77. The first-order chi connectivity index (χ1) is 11.2. The van der Waals surface area contributed by atoms with Crippen LogP contribution in [0.4, 0.5) is 0 Å². The molecule has 1 aromatic rings. The number of carbonyl (C=O) groups excluding carboxylic acids is 1. The molecule has 23 heavy (non-hydrogen) atoms. The number of hydrogen-bond acceptors (Lipinski definition) is 3. The Morgan fingerprint density at radius 3 is 2.39 bits per heavy atom. The Bertz CT molecular complexity index is 546. The Balaban J connectivity index is 1.94. The summed E-state index contributed by atoms with van der Waals surface area (Å²) in [6.07, 6.45) is 3.92. The summed E-state index contributed by atoms with van der Waals surface area (Å²) in [7, 11) is 0. The van der Waals surface area contributed by atoms with E-state index in [2.05, 4.69) is 30.6 Å². The highest BCUT2D eigenvalue weighted by Crippen LogP contribution is 2.42. The third kappa shape index (κ3) is 4.36. The van der Waals surface area contributed by atoms with Gasteiger partial charge in [-0.2, -0.15) is 0 Å². The Morgan fingerprint density at radius 1 is 1.13 bits per heavy atom. The molecule has 1 aromatic carbocycles. The highest BCUT2D eigenvalue weighted by molar-refractivity contribution is 5.83. The van der Waals surface area contributed by atoms with Crippen LogP contribution in [0, 0.1) is 11.8 Å². The van der Waals surface area contributed by atoms with Crippen molar-refractivity contribution in [1.82, 2.24) is 4.90 Å². The van der Waals surface area contributed by atoms with Gasteiger partial charge >= 0.3 is 5.97 Å². The molecule has 0 radical (unpaired) electrons. The smallest absolute Gasteiger partial charge is 0.317 e. The fourth-order valence-corrected chi connectivity index (χ4v) is 3.25. The van der Waals surface area contributed by atoms with Gasteiger partial charge in [0.2, 0.25) is 0 Å². The SMILES string of the molecule is CCN(CC)CC#CCOC(=O)C1(c2ccccc2)CCCC1. The molecule has 0 bridgehead atoms. The van der Waals surface area contributed by atoms with Gasteiger partial charge in [-0.1, -0.05) is 68.9 Å². The molecular weight excluding hydrogens is 286 g/mol. The first-order valence-corrected chi connectivity index (χ1v) is 8.63. The number of ether oxygens (including phenoxy) is 1. The Kier molecular flexibility index (Phi) is 6.67. The summed E-state index contributed by atoms with van der Waals surface area (Å²) in [4.78, 5) is 14.9. The Morgan fingerprint density at radius 2 is 1.78 bits per heavy atom. The van der Waals surface area contributed by atoms with Crippen molar-refractivity contribution in [2.45, 2.75) is 44.9 Å². The molecular formula is C20H27NO2. The van der Waals surface area contributed by atoms with E-state index in [1.165, 1.54) is 0 Å². The molecule has 1 saturated carbocycles. The van der Waals surface area contributed by atoms with Crippen LogP contribution in [-0.4, -0.2) is 37.1 Å².